The molecule has 0 radical (unpaired) electrons. The van der Waals surface area contributed by atoms with Gasteiger partial charge < -0.3 is 4.74 Å². The van der Waals surface area contributed by atoms with E-state index >= 15 is 0 Å². The van der Waals surface area contributed by atoms with Gasteiger partial charge in [-0.2, -0.15) is 5.26 Å². The average Bonchev–Trinajstić information content (AvgIpc) is 3.18. The highest BCUT2D eigenvalue weighted by molar-refractivity contribution is 8.00. The number of carbonyl (C=O) groups is 1. The van der Waals surface area contributed by atoms with E-state index in [0.717, 1.165) is 26.3 Å². The van der Waals surface area contributed by atoms with Gasteiger partial charge in [-0.25, -0.2) is 0 Å². The highest BCUT2D eigenvalue weighted by Gasteiger charge is 2.10. The molecule has 2 aromatic carbocycles. The topological polar surface area (TPSA) is 87.9 Å². The van der Waals surface area contributed by atoms with Crippen molar-refractivity contribution in [2.75, 3.05) is 18.2 Å². The number of thioether (sulfide) groups is 2. The quantitative estimate of drug-likeness (QED) is 0.419. The molecule has 0 aliphatic carbocycles. The Kier molecular flexibility index (Phi) is 7.31. The summed E-state index contributed by atoms with van der Waals surface area (Å²) in [6, 6.07) is 17.1. The predicted molar refractivity (Wildman–Crippen MR) is 113 cm³/mol. The fraction of sp³-hybridized carbons (Fsp3) is 0.158. The number of benzene rings is 2. The molecular formula is C19H16N4O2S3. The summed E-state index contributed by atoms with van der Waals surface area (Å²) in [5, 5.41) is 20.2. The standard InChI is InChI=1S/C19H16N4O2S3/c1-25-15-6-8-16(9-7-15)26-12-17(24)21-18-22-23-19(28-18)27-11-14-4-2-13(10-20)3-5-14/h2-9H,11-12H2,1H3,(H,21,22,24). The van der Waals surface area contributed by atoms with Crippen LogP contribution in [0.1, 0.15) is 11.1 Å². The van der Waals surface area contributed by atoms with Crippen LogP contribution < -0.4 is 10.1 Å². The van der Waals surface area contributed by atoms with E-state index in [1.807, 2.05) is 36.4 Å². The van der Waals surface area contributed by atoms with Gasteiger partial charge in [0.15, 0.2) is 4.34 Å². The van der Waals surface area contributed by atoms with Crippen LogP contribution in [0.3, 0.4) is 0 Å². The van der Waals surface area contributed by atoms with Crippen LogP contribution in [-0.2, 0) is 10.5 Å². The minimum Gasteiger partial charge on any atom is -0.497 e. The maximum absolute atomic E-state index is 12.1. The van der Waals surface area contributed by atoms with E-state index in [2.05, 4.69) is 21.6 Å². The molecule has 0 atom stereocenters. The molecule has 9 heteroatoms. The third-order valence-electron chi connectivity index (χ3n) is 3.53. The van der Waals surface area contributed by atoms with E-state index in [4.69, 9.17) is 10.00 Å². The Morgan fingerprint density at radius 1 is 1.14 bits per heavy atom. The zero-order valence-corrected chi connectivity index (χ0v) is 17.4. The number of nitrogens with zero attached hydrogens (tertiary/aromatic N) is 3. The lowest BCUT2D eigenvalue weighted by atomic mass is 10.2. The van der Waals surface area contributed by atoms with Crippen LogP contribution >= 0.6 is 34.9 Å². The second kappa shape index (κ2) is 10.1. The molecule has 1 aromatic heterocycles. The van der Waals surface area contributed by atoms with Crippen LogP contribution in [0.4, 0.5) is 5.13 Å². The number of nitrogens with one attached hydrogen (secondary N) is 1. The first-order valence-electron chi connectivity index (χ1n) is 8.18. The number of amides is 1. The number of nitriles is 1. The molecule has 6 nitrogen and oxygen atoms in total. The largest absolute Gasteiger partial charge is 0.497 e. The minimum absolute atomic E-state index is 0.124. The summed E-state index contributed by atoms with van der Waals surface area (Å²) in [4.78, 5) is 13.1. The summed E-state index contributed by atoms with van der Waals surface area (Å²) >= 11 is 4.33. The van der Waals surface area contributed by atoms with Gasteiger partial charge in [0.2, 0.25) is 11.0 Å². The Hall–Kier alpha value is -2.54. The van der Waals surface area contributed by atoms with Crippen LogP contribution in [0.5, 0.6) is 5.75 Å². The summed E-state index contributed by atoms with van der Waals surface area (Å²) in [5.74, 6) is 1.68. The number of ether oxygens (including phenoxy) is 1. The molecule has 0 aliphatic heterocycles. The molecule has 3 rings (SSSR count). The average molecular weight is 429 g/mol. The molecule has 0 unspecified atom stereocenters. The van der Waals surface area contributed by atoms with Crippen LogP contribution in [0.25, 0.3) is 0 Å². The van der Waals surface area contributed by atoms with Crippen molar-refractivity contribution in [1.29, 1.82) is 5.26 Å². The van der Waals surface area contributed by atoms with E-state index in [0.29, 0.717) is 16.4 Å². The number of hydrogen-bond acceptors (Lipinski definition) is 8. The van der Waals surface area contributed by atoms with Gasteiger partial charge in [0.05, 0.1) is 24.5 Å². The van der Waals surface area contributed by atoms with E-state index in [-0.39, 0.29) is 5.91 Å². The normalized spacial score (nSPS) is 10.3. The summed E-state index contributed by atoms with van der Waals surface area (Å²) in [6.07, 6.45) is 0. The van der Waals surface area contributed by atoms with Gasteiger partial charge in [0.25, 0.3) is 0 Å². The monoisotopic (exact) mass is 428 g/mol. The van der Waals surface area contributed by atoms with Crippen molar-refractivity contribution >= 4 is 45.9 Å². The van der Waals surface area contributed by atoms with Crippen molar-refractivity contribution in [3.8, 4) is 11.8 Å². The van der Waals surface area contributed by atoms with Crippen LogP contribution in [0, 0.1) is 11.3 Å². The summed E-state index contributed by atoms with van der Waals surface area (Å²) < 4.78 is 5.90. The van der Waals surface area contributed by atoms with Gasteiger partial charge in [-0.05, 0) is 42.0 Å². The van der Waals surface area contributed by atoms with E-state index in [1.165, 1.54) is 23.1 Å². The number of rotatable bonds is 8. The van der Waals surface area contributed by atoms with E-state index < -0.39 is 0 Å². The Morgan fingerprint density at radius 2 is 1.89 bits per heavy atom. The predicted octanol–water partition coefficient (Wildman–Crippen LogP) is 4.44. The first-order valence-corrected chi connectivity index (χ1v) is 11.0. The summed E-state index contributed by atoms with van der Waals surface area (Å²) in [5.41, 5.74) is 1.74. The van der Waals surface area contributed by atoms with Crippen molar-refractivity contribution in [2.45, 2.75) is 15.0 Å². The minimum atomic E-state index is -0.124. The van der Waals surface area contributed by atoms with Gasteiger partial charge in [-0.3, -0.25) is 10.1 Å². The number of hydrogen-bond donors (Lipinski definition) is 1. The molecule has 0 spiro atoms. The fourth-order valence-corrected chi connectivity index (χ4v) is 4.54. The molecule has 0 saturated heterocycles. The number of aromatic nitrogens is 2. The third-order valence-corrected chi connectivity index (χ3v) is 6.58. The van der Waals surface area contributed by atoms with Crippen molar-refractivity contribution < 1.29 is 9.53 Å². The molecule has 0 fully saturated rings. The highest BCUT2D eigenvalue weighted by Crippen LogP contribution is 2.28. The Morgan fingerprint density at radius 3 is 2.57 bits per heavy atom. The molecule has 3 aromatic rings. The second-order valence-electron chi connectivity index (χ2n) is 5.48. The molecular weight excluding hydrogens is 412 g/mol. The van der Waals surface area contributed by atoms with E-state index in [9.17, 15) is 4.79 Å². The number of carbonyl (C=O) groups excluding carboxylic acids is 1. The van der Waals surface area contributed by atoms with Gasteiger partial charge >= 0.3 is 0 Å². The van der Waals surface area contributed by atoms with Gasteiger partial charge in [-0.1, -0.05) is 35.2 Å². The van der Waals surface area contributed by atoms with Crippen LogP contribution in [-0.4, -0.2) is 29.0 Å². The Labute approximate surface area is 175 Å². The summed E-state index contributed by atoms with van der Waals surface area (Å²) in [7, 11) is 1.62. The molecule has 0 aliphatic rings. The lowest BCUT2D eigenvalue weighted by molar-refractivity contribution is -0.113. The first-order chi connectivity index (χ1) is 13.7. The van der Waals surface area contributed by atoms with Crippen molar-refractivity contribution in [3.05, 3.63) is 59.7 Å². The second-order valence-corrected chi connectivity index (χ2v) is 8.73. The lowest BCUT2D eigenvalue weighted by Crippen LogP contribution is -2.13. The fourth-order valence-electron chi connectivity index (χ4n) is 2.12. The maximum atomic E-state index is 12.1. The van der Waals surface area contributed by atoms with Crippen molar-refractivity contribution in [1.82, 2.24) is 10.2 Å². The summed E-state index contributed by atoms with van der Waals surface area (Å²) in [6.45, 7) is 0. The SMILES string of the molecule is COc1ccc(SCC(=O)Nc2nnc(SCc3ccc(C#N)cc3)s2)cc1. The molecule has 1 amide bonds. The zero-order chi connectivity index (χ0) is 19.8. The Bertz CT molecular complexity index is 966. The molecule has 0 bridgehead atoms. The first kappa shape index (κ1) is 20.2. The zero-order valence-electron chi connectivity index (χ0n) is 14.9. The molecule has 28 heavy (non-hydrogen) atoms. The molecule has 1 heterocycles. The van der Waals surface area contributed by atoms with Gasteiger partial charge in [-0.15, -0.1) is 22.0 Å². The molecule has 1 N–H and O–H groups in total. The number of methoxy groups -OCH3 is 1. The van der Waals surface area contributed by atoms with Gasteiger partial charge in [0, 0.05) is 10.6 Å². The van der Waals surface area contributed by atoms with Gasteiger partial charge in [0.1, 0.15) is 5.75 Å². The van der Waals surface area contributed by atoms with E-state index in [1.54, 1.807) is 31.0 Å². The lowest BCUT2D eigenvalue weighted by Gasteiger charge is -2.03. The third kappa shape index (κ3) is 5.99. The maximum Gasteiger partial charge on any atom is 0.236 e. The highest BCUT2D eigenvalue weighted by atomic mass is 32.2. The Balaban J connectivity index is 1.45. The molecule has 142 valence electrons. The van der Waals surface area contributed by atoms with Crippen LogP contribution in [0.15, 0.2) is 57.8 Å². The smallest absolute Gasteiger partial charge is 0.236 e. The number of anilines is 1. The van der Waals surface area contributed by atoms with Crippen molar-refractivity contribution in [3.63, 3.8) is 0 Å². The van der Waals surface area contributed by atoms with Crippen LogP contribution in [0.2, 0.25) is 0 Å². The van der Waals surface area contributed by atoms with Crippen molar-refractivity contribution in [2.24, 2.45) is 0 Å². The molecule has 0 saturated carbocycles.